The first-order chi connectivity index (χ1) is 6.83. The highest BCUT2D eigenvalue weighted by molar-refractivity contribution is 6.01. The third kappa shape index (κ3) is 1.35. The van der Waals surface area contributed by atoms with Crippen LogP contribution in [0.2, 0.25) is 0 Å². The molecule has 0 saturated heterocycles. The molecule has 70 valence electrons. The van der Waals surface area contributed by atoms with Gasteiger partial charge in [-0.15, -0.1) is 0 Å². The van der Waals surface area contributed by atoms with Crippen LogP contribution in [0.3, 0.4) is 0 Å². The van der Waals surface area contributed by atoms with Gasteiger partial charge in [0.15, 0.2) is 5.78 Å². The monoisotopic (exact) mass is 187 g/mol. The van der Waals surface area contributed by atoms with E-state index in [1.807, 2.05) is 12.1 Å². The van der Waals surface area contributed by atoms with Crippen molar-refractivity contribution in [2.45, 2.75) is 6.42 Å². The fourth-order valence-corrected chi connectivity index (χ4v) is 1.52. The fourth-order valence-electron chi connectivity index (χ4n) is 1.52. The molecule has 1 aliphatic heterocycles. The minimum absolute atomic E-state index is 0.124. The van der Waals surface area contributed by atoms with E-state index in [0.717, 1.165) is 0 Å². The molecule has 0 amide bonds. The number of carbonyl (C=O) groups excluding carboxylic acids is 1. The lowest BCUT2D eigenvalue weighted by Gasteiger charge is -2.03. The number of para-hydroxylation sites is 1. The van der Waals surface area contributed by atoms with Gasteiger partial charge in [0, 0.05) is 6.42 Å². The van der Waals surface area contributed by atoms with E-state index in [0.29, 0.717) is 24.3 Å². The average molecular weight is 187 g/mol. The summed E-state index contributed by atoms with van der Waals surface area (Å²) >= 11 is 0. The van der Waals surface area contributed by atoms with Crippen molar-refractivity contribution in [3.63, 3.8) is 0 Å². The van der Waals surface area contributed by atoms with Gasteiger partial charge in [-0.05, 0) is 12.1 Å². The van der Waals surface area contributed by atoms with Gasteiger partial charge in [0.2, 0.25) is 0 Å². The van der Waals surface area contributed by atoms with E-state index in [1.165, 1.54) is 0 Å². The normalized spacial score (nSPS) is 20.2. The molecule has 0 radical (unpaired) electrons. The number of hydrogen-bond donors (Lipinski definition) is 0. The number of ether oxygens (including phenoxy) is 1. The number of ketones is 1. The Balaban J connectivity index is 2.46. The van der Waals surface area contributed by atoms with Crippen LogP contribution in [-0.4, -0.2) is 12.4 Å². The van der Waals surface area contributed by atoms with Gasteiger partial charge in [-0.3, -0.25) is 4.79 Å². The summed E-state index contributed by atoms with van der Waals surface area (Å²) in [6, 6.07) is 9.06. The molecule has 3 nitrogen and oxygen atoms in total. The van der Waals surface area contributed by atoms with Gasteiger partial charge in [0.25, 0.3) is 0 Å². The molecule has 1 atom stereocenters. The van der Waals surface area contributed by atoms with Crippen LogP contribution in [0.4, 0.5) is 0 Å². The molecule has 2 rings (SSSR count). The predicted molar refractivity (Wildman–Crippen MR) is 50.0 cm³/mol. The Morgan fingerprint density at radius 1 is 1.43 bits per heavy atom. The van der Waals surface area contributed by atoms with Gasteiger partial charge in [0.05, 0.1) is 18.2 Å². The number of Topliss-reactive ketones (excluding diaryl/α,β-unsaturated/α-hetero) is 1. The Kier molecular flexibility index (Phi) is 2.19. The maximum atomic E-state index is 11.8. The van der Waals surface area contributed by atoms with Crippen molar-refractivity contribution in [2.75, 3.05) is 6.61 Å². The Hall–Kier alpha value is -1.82. The summed E-state index contributed by atoms with van der Waals surface area (Å²) in [6.45, 7) is 0.432. The zero-order chi connectivity index (χ0) is 9.97. The second-order valence-electron chi connectivity index (χ2n) is 3.18. The predicted octanol–water partition coefficient (Wildman–Crippen LogP) is 1.79. The molecule has 0 spiro atoms. The summed E-state index contributed by atoms with van der Waals surface area (Å²) in [7, 11) is 0. The lowest BCUT2D eigenvalue weighted by atomic mass is 9.97. The van der Waals surface area contributed by atoms with Crippen molar-refractivity contribution in [1.29, 1.82) is 5.26 Å². The summed E-state index contributed by atoms with van der Waals surface area (Å²) in [4.78, 5) is 11.8. The van der Waals surface area contributed by atoms with Crippen LogP contribution in [0.25, 0.3) is 0 Å². The first-order valence-corrected chi connectivity index (χ1v) is 4.48. The molecule has 0 bridgehead atoms. The van der Waals surface area contributed by atoms with Gasteiger partial charge < -0.3 is 4.74 Å². The van der Waals surface area contributed by atoms with Crippen LogP contribution < -0.4 is 4.74 Å². The van der Waals surface area contributed by atoms with Crippen molar-refractivity contribution in [1.82, 2.24) is 0 Å². The highest BCUT2D eigenvalue weighted by Gasteiger charge is 2.25. The molecule has 1 aliphatic rings. The third-order valence-electron chi connectivity index (χ3n) is 2.29. The van der Waals surface area contributed by atoms with E-state index in [4.69, 9.17) is 10.00 Å². The number of nitrogens with zero attached hydrogens (tertiary/aromatic N) is 1. The van der Waals surface area contributed by atoms with Crippen molar-refractivity contribution < 1.29 is 9.53 Å². The first kappa shape index (κ1) is 8.76. The summed E-state index contributed by atoms with van der Waals surface area (Å²) in [5.74, 6) is -0.0884. The lowest BCUT2D eigenvalue weighted by molar-refractivity contribution is 0.0947. The molecule has 0 N–H and O–H groups in total. The fraction of sp³-hybridized carbons (Fsp3) is 0.273. The Labute approximate surface area is 81.9 Å². The molecule has 3 heteroatoms. The number of nitriles is 1. The third-order valence-corrected chi connectivity index (χ3v) is 2.29. The van der Waals surface area contributed by atoms with Gasteiger partial charge in [0.1, 0.15) is 11.7 Å². The zero-order valence-corrected chi connectivity index (χ0v) is 7.56. The van der Waals surface area contributed by atoms with E-state index in [1.54, 1.807) is 18.2 Å². The van der Waals surface area contributed by atoms with E-state index in [2.05, 4.69) is 0 Å². The summed E-state index contributed by atoms with van der Waals surface area (Å²) in [5.41, 5.74) is 0.525. The van der Waals surface area contributed by atoms with Crippen LogP contribution in [0.5, 0.6) is 5.75 Å². The maximum absolute atomic E-state index is 11.8. The summed E-state index contributed by atoms with van der Waals surface area (Å²) in [6.07, 6.45) is 0.476. The average Bonchev–Trinajstić information content (AvgIpc) is 2.39. The molecule has 0 unspecified atom stereocenters. The van der Waals surface area contributed by atoms with Crippen LogP contribution in [0.1, 0.15) is 16.8 Å². The van der Waals surface area contributed by atoms with Gasteiger partial charge in [-0.25, -0.2) is 0 Å². The zero-order valence-electron chi connectivity index (χ0n) is 7.56. The van der Waals surface area contributed by atoms with Gasteiger partial charge in [-0.1, -0.05) is 12.1 Å². The van der Waals surface area contributed by atoms with Gasteiger partial charge >= 0.3 is 0 Å². The molecular formula is C11H9NO2. The minimum Gasteiger partial charge on any atom is -0.493 e. The molecule has 14 heavy (non-hydrogen) atoms. The smallest absolute Gasteiger partial charge is 0.183 e. The SMILES string of the molecule is N#C[C@@H]1CCOc2ccccc2C1=O. The molecule has 1 aromatic carbocycles. The molecule has 0 fully saturated rings. The quantitative estimate of drug-likeness (QED) is 0.622. The lowest BCUT2D eigenvalue weighted by Crippen LogP contribution is -2.11. The van der Waals surface area contributed by atoms with Crippen molar-refractivity contribution in [3.8, 4) is 11.8 Å². The van der Waals surface area contributed by atoms with Gasteiger partial charge in [-0.2, -0.15) is 5.26 Å². The first-order valence-electron chi connectivity index (χ1n) is 4.48. The van der Waals surface area contributed by atoms with Crippen LogP contribution in [-0.2, 0) is 0 Å². The number of hydrogen-bond acceptors (Lipinski definition) is 3. The van der Waals surface area contributed by atoms with Crippen molar-refractivity contribution >= 4 is 5.78 Å². The Bertz CT molecular complexity index is 406. The minimum atomic E-state index is -0.557. The van der Waals surface area contributed by atoms with Crippen LogP contribution in [0, 0.1) is 17.2 Å². The highest BCUT2D eigenvalue weighted by Crippen LogP contribution is 2.25. The van der Waals surface area contributed by atoms with E-state index < -0.39 is 5.92 Å². The maximum Gasteiger partial charge on any atom is 0.183 e. The molecule has 0 aromatic heterocycles. The number of carbonyl (C=O) groups is 1. The standard InChI is InChI=1S/C11H9NO2/c12-7-8-5-6-14-10-4-2-1-3-9(10)11(8)13/h1-4,8H,5-6H2/t8-/m0/s1. The summed E-state index contributed by atoms with van der Waals surface area (Å²) < 4.78 is 5.38. The van der Waals surface area contributed by atoms with Crippen LogP contribution >= 0.6 is 0 Å². The molecule has 1 heterocycles. The molecule has 0 saturated carbocycles. The molecule has 1 aromatic rings. The topological polar surface area (TPSA) is 50.1 Å². The summed E-state index contributed by atoms with van der Waals surface area (Å²) in [5, 5.41) is 8.79. The highest BCUT2D eigenvalue weighted by atomic mass is 16.5. The number of benzene rings is 1. The Morgan fingerprint density at radius 3 is 3.00 bits per heavy atom. The Morgan fingerprint density at radius 2 is 2.21 bits per heavy atom. The molecule has 0 aliphatic carbocycles. The van der Waals surface area contributed by atoms with Crippen molar-refractivity contribution in [2.24, 2.45) is 5.92 Å². The van der Waals surface area contributed by atoms with E-state index in [-0.39, 0.29) is 5.78 Å². The van der Waals surface area contributed by atoms with Crippen LogP contribution in [0.15, 0.2) is 24.3 Å². The second-order valence-corrected chi connectivity index (χ2v) is 3.18. The van der Waals surface area contributed by atoms with Crippen molar-refractivity contribution in [3.05, 3.63) is 29.8 Å². The number of fused-ring (bicyclic) bond motifs is 1. The molecular weight excluding hydrogens is 178 g/mol. The second kappa shape index (κ2) is 3.51. The van der Waals surface area contributed by atoms with E-state index >= 15 is 0 Å². The van der Waals surface area contributed by atoms with E-state index in [9.17, 15) is 4.79 Å². The number of rotatable bonds is 0. The largest absolute Gasteiger partial charge is 0.493 e.